The predicted molar refractivity (Wildman–Crippen MR) is 153 cm³/mol. The summed E-state index contributed by atoms with van der Waals surface area (Å²) in [5, 5.41) is 5.41. The van der Waals surface area contributed by atoms with Crippen LogP contribution in [0.2, 0.25) is 0 Å². The first-order valence-electron chi connectivity index (χ1n) is 13.3. The van der Waals surface area contributed by atoms with Gasteiger partial charge in [-0.15, -0.1) is 0 Å². The molecule has 0 radical (unpaired) electrons. The van der Waals surface area contributed by atoms with Crippen molar-refractivity contribution in [3.05, 3.63) is 95.1 Å². The number of nitrogens with zero attached hydrogens (tertiary/aromatic N) is 4. The lowest BCUT2D eigenvalue weighted by Crippen LogP contribution is -2.39. The standard InChI is InChI=1S/C32H32FN5/c1-20-4-7-23(8-5-20)19-38-16-14-26(15-17-38)36-32-35-22(3)27-18-25(11-13-29(27)37-32)30-28(33)12-10-24-9-6-21(2)34-31(24)30/h4-13,18,26H,14-17,19H2,1-3H3,(H,35,36,37). The average Bonchev–Trinajstić information content (AvgIpc) is 2.91. The molecule has 3 heterocycles. The summed E-state index contributed by atoms with van der Waals surface area (Å²) in [5.74, 6) is 0.383. The van der Waals surface area contributed by atoms with Crippen LogP contribution < -0.4 is 5.32 Å². The number of aryl methyl sites for hydroxylation is 3. The first kappa shape index (κ1) is 24.4. The van der Waals surface area contributed by atoms with Crippen LogP contribution in [-0.4, -0.2) is 39.0 Å². The SMILES string of the molecule is Cc1ccc(CN2CCC(Nc3nc(C)c4cc(-c5c(F)ccc6ccc(C)nc56)ccc4n3)CC2)cc1. The summed E-state index contributed by atoms with van der Waals surface area (Å²) in [6.07, 6.45) is 2.11. The maximum Gasteiger partial charge on any atom is 0.223 e. The third-order valence-electron chi connectivity index (χ3n) is 7.57. The van der Waals surface area contributed by atoms with E-state index in [1.165, 1.54) is 17.2 Å². The number of pyridine rings is 1. The van der Waals surface area contributed by atoms with Gasteiger partial charge in [-0.3, -0.25) is 9.88 Å². The minimum Gasteiger partial charge on any atom is -0.351 e. The second-order valence-corrected chi connectivity index (χ2v) is 10.5. The highest BCUT2D eigenvalue weighted by atomic mass is 19.1. The first-order chi connectivity index (χ1) is 18.4. The number of rotatable bonds is 5. The lowest BCUT2D eigenvalue weighted by molar-refractivity contribution is 0.211. The molecule has 0 saturated carbocycles. The van der Waals surface area contributed by atoms with Crippen molar-refractivity contribution >= 4 is 27.8 Å². The second kappa shape index (κ2) is 10.1. The van der Waals surface area contributed by atoms with Gasteiger partial charge in [0.05, 0.1) is 16.7 Å². The van der Waals surface area contributed by atoms with Gasteiger partial charge in [-0.25, -0.2) is 14.4 Å². The number of benzene rings is 3. The highest BCUT2D eigenvalue weighted by Gasteiger charge is 2.21. The average molecular weight is 506 g/mol. The number of anilines is 1. The Bertz CT molecular complexity index is 1620. The van der Waals surface area contributed by atoms with Crippen LogP contribution in [0, 0.1) is 26.6 Å². The fourth-order valence-corrected chi connectivity index (χ4v) is 5.41. The van der Waals surface area contributed by atoms with Crippen molar-refractivity contribution in [3.8, 4) is 11.1 Å². The minimum absolute atomic E-state index is 0.277. The van der Waals surface area contributed by atoms with Gasteiger partial charge in [-0.1, -0.05) is 42.0 Å². The molecule has 1 N–H and O–H groups in total. The predicted octanol–water partition coefficient (Wildman–Crippen LogP) is 6.99. The van der Waals surface area contributed by atoms with Gasteiger partial charge in [0.15, 0.2) is 0 Å². The number of halogens is 1. The highest BCUT2D eigenvalue weighted by Crippen LogP contribution is 2.33. The Balaban J connectivity index is 1.20. The van der Waals surface area contributed by atoms with Gasteiger partial charge in [0, 0.05) is 47.7 Å². The molecule has 1 aliphatic rings. The van der Waals surface area contributed by atoms with Crippen molar-refractivity contribution in [1.29, 1.82) is 0 Å². The normalized spacial score (nSPS) is 14.8. The summed E-state index contributed by atoms with van der Waals surface area (Å²) < 4.78 is 15.0. The summed E-state index contributed by atoms with van der Waals surface area (Å²) in [6.45, 7) is 9.13. The van der Waals surface area contributed by atoms with Gasteiger partial charge in [0.2, 0.25) is 5.95 Å². The number of hydrogen-bond acceptors (Lipinski definition) is 5. The molecule has 1 saturated heterocycles. The number of fused-ring (bicyclic) bond motifs is 2. The Labute approximate surface area is 222 Å². The molecule has 0 amide bonds. The molecule has 1 aliphatic heterocycles. The van der Waals surface area contributed by atoms with Gasteiger partial charge >= 0.3 is 0 Å². The van der Waals surface area contributed by atoms with Crippen LogP contribution in [0.1, 0.15) is 35.4 Å². The topological polar surface area (TPSA) is 53.9 Å². The zero-order chi connectivity index (χ0) is 26.2. The maximum absolute atomic E-state index is 15.0. The monoisotopic (exact) mass is 505 g/mol. The lowest BCUT2D eigenvalue weighted by atomic mass is 9.99. The number of piperidine rings is 1. The largest absolute Gasteiger partial charge is 0.351 e. The molecule has 6 rings (SSSR count). The van der Waals surface area contributed by atoms with Crippen molar-refractivity contribution in [1.82, 2.24) is 19.9 Å². The van der Waals surface area contributed by atoms with E-state index in [0.717, 1.165) is 65.7 Å². The van der Waals surface area contributed by atoms with E-state index in [9.17, 15) is 0 Å². The van der Waals surface area contributed by atoms with Crippen LogP contribution in [0.5, 0.6) is 0 Å². The highest BCUT2D eigenvalue weighted by molar-refractivity contribution is 5.97. The van der Waals surface area contributed by atoms with Gasteiger partial charge in [0.25, 0.3) is 0 Å². The first-order valence-corrected chi connectivity index (χ1v) is 13.3. The van der Waals surface area contributed by atoms with Gasteiger partial charge < -0.3 is 5.32 Å². The number of aromatic nitrogens is 3. The van der Waals surface area contributed by atoms with Gasteiger partial charge in [0.1, 0.15) is 5.82 Å². The van der Waals surface area contributed by atoms with E-state index in [1.807, 2.05) is 44.2 Å². The molecule has 0 aliphatic carbocycles. The van der Waals surface area contributed by atoms with E-state index in [2.05, 4.69) is 46.4 Å². The molecule has 38 heavy (non-hydrogen) atoms. The molecule has 192 valence electrons. The zero-order valence-corrected chi connectivity index (χ0v) is 22.1. The van der Waals surface area contributed by atoms with Crippen molar-refractivity contribution < 1.29 is 4.39 Å². The minimum atomic E-state index is -0.277. The Morgan fingerprint density at radius 2 is 1.63 bits per heavy atom. The fraction of sp³-hybridized carbons (Fsp3) is 0.281. The van der Waals surface area contributed by atoms with E-state index < -0.39 is 0 Å². The Morgan fingerprint density at radius 3 is 2.42 bits per heavy atom. The molecule has 1 fully saturated rings. The van der Waals surface area contributed by atoms with Crippen LogP contribution >= 0.6 is 0 Å². The molecule has 0 bridgehead atoms. The van der Waals surface area contributed by atoms with Crippen molar-refractivity contribution in [2.24, 2.45) is 0 Å². The molecule has 2 aromatic heterocycles. The molecule has 3 aromatic carbocycles. The van der Waals surface area contributed by atoms with Crippen molar-refractivity contribution in [3.63, 3.8) is 0 Å². The lowest BCUT2D eigenvalue weighted by Gasteiger charge is -2.32. The zero-order valence-electron chi connectivity index (χ0n) is 22.1. The van der Waals surface area contributed by atoms with Crippen molar-refractivity contribution in [2.75, 3.05) is 18.4 Å². The molecule has 5 nitrogen and oxygen atoms in total. The van der Waals surface area contributed by atoms with E-state index >= 15 is 4.39 Å². The summed E-state index contributed by atoms with van der Waals surface area (Å²) in [7, 11) is 0. The number of likely N-dealkylation sites (tertiary alicyclic amines) is 1. The molecule has 5 aromatic rings. The Hall–Kier alpha value is -3.90. The number of hydrogen-bond donors (Lipinski definition) is 1. The molecular weight excluding hydrogens is 473 g/mol. The summed E-state index contributed by atoms with van der Waals surface area (Å²) in [4.78, 5) is 16.7. The van der Waals surface area contributed by atoms with Crippen LogP contribution in [0.3, 0.4) is 0 Å². The Kier molecular flexibility index (Phi) is 6.50. The second-order valence-electron chi connectivity index (χ2n) is 10.5. The van der Waals surface area contributed by atoms with E-state index in [4.69, 9.17) is 9.97 Å². The fourth-order valence-electron chi connectivity index (χ4n) is 5.41. The summed E-state index contributed by atoms with van der Waals surface area (Å²) >= 11 is 0. The van der Waals surface area contributed by atoms with E-state index in [-0.39, 0.29) is 5.82 Å². The quantitative estimate of drug-likeness (QED) is 0.279. The molecule has 6 heteroatoms. The third-order valence-corrected chi connectivity index (χ3v) is 7.57. The van der Waals surface area contributed by atoms with E-state index in [0.29, 0.717) is 23.1 Å². The van der Waals surface area contributed by atoms with Crippen LogP contribution in [0.4, 0.5) is 10.3 Å². The van der Waals surface area contributed by atoms with Crippen LogP contribution in [-0.2, 0) is 6.54 Å². The number of nitrogens with one attached hydrogen (secondary N) is 1. The van der Waals surface area contributed by atoms with Gasteiger partial charge in [-0.2, -0.15) is 0 Å². The van der Waals surface area contributed by atoms with Crippen molar-refractivity contribution in [2.45, 2.75) is 46.2 Å². The van der Waals surface area contributed by atoms with Crippen LogP contribution in [0.15, 0.2) is 66.7 Å². The molecule has 0 unspecified atom stereocenters. The van der Waals surface area contributed by atoms with Crippen LogP contribution in [0.25, 0.3) is 32.9 Å². The summed E-state index contributed by atoms with van der Waals surface area (Å²) in [6, 6.07) is 22.3. The third kappa shape index (κ3) is 4.96. The van der Waals surface area contributed by atoms with E-state index in [1.54, 1.807) is 6.07 Å². The molecule has 0 atom stereocenters. The smallest absolute Gasteiger partial charge is 0.223 e. The maximum atomic E-state index is 15.0. The Morgan fingerprint density at radius 1 is 0.868 bits per heavy atom. The summed E-state index contributed by atoms with van der Waals surface area (Å²) in [5.41, 5.74) is 7.23. The molecular formula is C32H32FN5. The van der Waals surface area contributed by atoms with Gasteiger partial charge in [-0.05, 0) is 75.1 Å². The molecule has 0 spiro atoms.